The van der Waals surface area contributed by atoms with Gasteiger partial charge in [-0.2, -0.15) is 0 Å². The van der Waals surface area contributed by atoms with Gasteiger partial charge in [-0.15, -0.1) is 11.3 Å². The molecule has 37 heavy (non-hydrogen) atoms. The van der Waals surface area contributed by atoms with Crippen LogP contribution in [-0.2, 0) is 0 Å². The van der Waals surface area contributed by atoms with E-state index in [0.717, 1.165) is 16.2 Å². The first-order valence-corrected chi connectivity index (χ1v) is 12.7. The van der Waals surface area contributed by atoms with Crippen molar-refractivity contribution in [1.82, 2.24) is 20.2 Å². The number of thiazole rings is 1. The van der Waals surface area contributed by atoms with Crippen LogP contribution in [0, 0.1) is 0 Å². The minimum Gasteiger partial charge on any atom is -0.393 e. The highest BCUT2D eigenvalue weighted by molar-refractivity contribution is 7.17. The number of nitrogens with zero attached hydrogens (tertiary/aromatic N) is 3. The largest absolute Gasteiger partial charge is 0.393 e. The van der Waals surface area contributed by atoms with Crippen molar-refractivity contribution in [1.29, 1.82) is 0 Å². The SMILES string of the molecule is C[C@H]1CC(F)(F)CN1C(=O)c1nc(C(=O)N[C@H]2C[C@H](O)C2)sc1-c1cnc(NC(C)(C)C)cc1C(F)F. The second-order valence-corrected chi connectivity index (χ2v) is 11.7. The standard InChI is InChI=1S/C24H29F4N5O3S/c1-11-8-24(27,28)10-33(11)22(36)17-18(37-21(31-17)20(35)30-12-5-13(34)6-12)15-9-29-16(32-23(2,3)4)7-14(15)19(25)26/h7,9,11-13,19,34H,5-6,8,10H2,1-4H3,(H,29,32)(H,30,35)/t11-,12-,13-/m0/s1. The van der Waals surface area contributed by atoms with Crippen LogP contribution in [0.5, 0.6) is 0 Å². The Kier molecular flexibility index (Phi) is 7.23. The van der Waals surface area contributed by atoms with Crippen molar-refractivity contribution in [3.05, 3.63) is 28.5 Å². The van der Waals surface area contributed by atoms with Gasteiger partial charge in [0.1, 0.15) is 11.5 Å². The average Bonchev–Trinajstić information content (AvgIpc) is 3.31. The lowest BCUT2D eigenvalue weighted by molar-refractivity contribution is 0.0117. The maximum absolute atomic E-state index is 14.2. The van der Waals surface area contributed by atoms with E-state index in [1.54, 1.807) is 0 Å². The lowest BCUT2D eigenvalue weighted by Gasteiger charge is -2.31. The highest BCUT2D eigenvalue weighted by Crippen LogP contribution is 2.40. The van der Waals surface area contributed by atoms with Gasteiger partial charge >= 0.3 is 0 Å². The van der Waals surface area contributed by atoms with Gasteiger partial charge in [0.25, 0.3) is 24.2 Å². The number of nitrogens with one attached hydrogen (secondary N) is 2. The molecule has 0 radical (unpaired) electrons. The van der Waals surface area contributed by atoms with E-state index in [9.17, 15) is 32.3 Å². The molecule has 0 aromatic carbocycles. The van der Waals surface area contributed by atoms with Crippen LogP contribution >= 0.6 is 11.3 Å². The Bertz CT molecular complexity index is 1190. The fourth-order valence-corrected chi connectivity index (χ4v) is 5.40. The maximum Gasteiger partial charge on any atom is 0.280 e. The Balaban J connectivity index is 1.76. The summed E-state index contributed by atoms with van der Waals surface area (Å²) in [7, 11) is 0. The van der Waals surface area contributed by atoms with Crippen LogP contribution in [-0.4, -0.2) is 68.0 Å². The molecule has 3 heterocycles. The number of carbonyl (C=O) groups excluding carboxylic acids is 2. The highest BCUT2D eigenvalue weighted by atomic mass is 32.1. The predicted molar refractivity (Wildman–Crippen MR) is 130 cm³/mol. The van der Waals surface area contributed by atoms with Gasteiger partial charge in [-0.05, 0) is 46.6 Å². The molecule has 1 aliphatic heterocycles. The van der Waals surface area contributed by atoms with Gasteiger partial charge in [0.2, 0.25) is 0 Å². The van der Waals surface area contributed by atoms with Crippen LogP contribution in [0.25, 0.3) is 10.4 Å². The Morgan fingerprint density at radius 2 is 1.95 bits per heavy atom. The van der Waals surface area contributed by atoms with Crippen LogP contribution in [0.4, 0.5) is 23.4 Å². The second kappa shape index (κ2) is 9.82. The van der Waals surface area contributed by atoms with E-state index in [-0.39, 0.29) is 33.0 Å². The fourth-order valence-electron chi connectivity index (χ4n) is 4.41. The van der Waals surface area contributed by atoms with Crippen molar-refractivity contribution < 1.29 is 32.3 Å². The molecule has 4 rings (SSSR count). The molecule has 2 aromatic rings. The number of aliphatic hydroxyl groups is 1. The van der Waals surface area contributed by atoms with E-state index >= 15 is 0 Å². The molecule has 2 aromatic heterocycles. The molecule has 2 amide bonds. The molecule has 13 heteroatoms. The molecule has 1 saturated carbocycles. The number of aliphatic hydroxyl groups excluding tert-OH is 1. The summed E-state index contributed by atoms with van der Waals surface area (Å²) in [6, 6.07) is 0.0747. The number of hydrogen-bond donors (Lipinski definition) is 3. The van der Waals surface area contributed by atoms with Crippen LogP contribution in [0.3, 0.4) is 0 Å². The van der Waals surface area contributed by atoms with Gasteiger partial charge in [-0.3, -0.25) is 9.59 Å². The van der Waals surface area contributed by atoms with E-state index in [1.807, 2.05) is 20.8 Å². The number of halogens is 4. The zero-order valence-corrected chi connectivity index (χ0v) is 21.6. The minimum atomic E-state index is -3.09. The lowest BCUT2D eigenvalue weighted by Crippen LogP contribution is -2.46. The topological polar surface area (TPSA) is 107 Å². The Morgan fingerprint density at radius 1 is 1.27 bits per heavy atom. The van der Waals surface area contributed by atoms with Crippen molar-refractivity contribution >= 4 is 29.0 Å². The molecule has 1 aliphatic carbocycles. The predicted octanol–water partition coefficient (Wildman–Crippen LogP) is 4.48. The normalized spacial score (nSPS) is 23.2. The molecule has 2 fully saturated rings. The van der Waals surface area contributed by atoms with Gasteiger partial charge in [0.15, 0.2) is 5.01 Å². The molecule has 0 spiro atoms. The summed E-state index contributed by atoms with van der Waals surface area (Å²) in [6.07, 6.45) is -2.12. The maximum atomic E-state index is 14.2. The summed E-state index contributed by atoms with van der Waals surface area (Å²) in [5, 5.41) is 15.0. The van der Waals surface area contributed by atoms with Gasteiger partial charge in [0.05, 0.1) is 17.5 Å². The number of hydrogen-bond acceptors (Lipinski definition) is 7. The molecular formula is C24H29F4N5O3S. The molecule has 0 unspecified atom stereocenters. The number of likely N-dealkylation sites (tertiary alicyclic amines) is 1. The van der Waals surface area contributed by atoms with Gasteiger partial charge < -0.3 is 20.6 Å². The van der Waals surface area contributed by atoms with E-state index in [1.165, 1.54) is 19.2 Å². The van der Waals surface area contributed by atoms with E-state index in [2.05, 4.69) is 20.6 Å². The minimum absolute atomic E-state index is 0.0451. The molecule has 3 N–H and O–H groups in total. The number of anilines is 1. The summed E-state index contributed by atoms with van der Waals surface area (Å²) in [5.74, 6) is -4.41. The van der Waals surface area contributed by atoms with E-state index in [4.69, 9.17) is 0 Å². The number of alkyl halides is 4. The first-order chi connectivity index (χ1) is 17.1. The van der Waals surface area contributed by atoms with Crippen molar-refractivity contribution in [2.24, 2.45) is 0 Å². The van der Waals surface area contributed by atoms with Crippen LogP contribution < -0.4 is 10.6 Å². The fraction of sp³-hybridized carbons (Fsp3) is 0.583. The molecule has 1 atom stereocenters. The molecule has 202 valence electrons. The smallest absolute Gasteiger partial charge is 0.280 e. The number of amides is 2. The first kappa shape index (κ1) is 27.2. The summed E-state index contributed by atoms with van der Waals surface area (Å²) in [6.45, 7) is 6.15. The Labute approximate surface area is 215 Å². The molecule has 1 saturated heterocycles. The van der Waals surface area contributed by atoms with Gasteiger partial charge in [-0.1, -0.05) is 0 Å². The number of rotatable bonds is 6. The Hall–Kier alpha value is -2.80. The van der Waals surface area contributed by atoms with Crippen LogP contribution in [0.15, 0.2) is 12.3 Å². The molecule has 8 nitrogen and oxygen atoms in total. The van der Waals surface area contributed by atoms with Gasteiger partial charge in [-0.25, -0.2) is 27.5 Å². The van der Waals surface area contributed by atoms with Gasteiger partial charge in [0, 0.05) is 41.4 Å². The molecular weight excluding hydrogens is 514 g/mol. The third-order valence-corrected chi connectivity index (χ3v) is 7.27. The zero-order valence-electron chi connectivity index (χ0n) is 20.8. The van der Waals surface area contributed by atoms with Crippen molar-refractivity contribution in [2.45, 2.75) is 83.0 Å². The highest BCUT2D eigenvalue weighted by Gasteiger charge is 2.46. The summed E-state index contributed by atoms with van der Waals surface area (Å²) in [5.41, 5.74) is -1.36. The van der Waals surface area contributed by atoms with Crippen molar-refractivity contribution in [3.63, 3.8) is 0 Å². The van der Waals surface area contributed by atoms with Crippen LogP contribution in [0.2, 0.25) is 0 Å². The summed E-state index contributed by atoms with van der Waals surface area (Å²) >= 11 is 0.722. The number of aromatic nitrogens is 2. The summed E-state index contributed by atoms with van der Waals surface area (Å²) < 4.78 is 56.4. The molecule has 2 aliphatic rings. The van der Waals surface area contributed by atoms with Crippen LogP contribution in [0.1, 0.15) is 79.2 Å². The van der Waals surface area contributed by atoms with E-state index < -0.39 is 60.4 Å². The lowest BCUT2D eigenvalue weighted by atomic mass is 9.89. The quantitative estimate of drug-likeness (QED) is 0.464. The zero-order chi connectivity index (χ0) is 27.3. The number of carbonyl (C=O) groups is 2. The number of pyridine rings is 1. The monoisotopic (exact) mass is 543 g/mol. The first-order valence-electron chi connectivity index (χ1n) is 11.9. The molecule has 0 bridgehead atoms. The average molecular weight is 544 g/mol. The third kappa shape index (κ3) is 6.03. The van der Waals surface area contributed by atoms with Crippen molar-refractivity contribution in [3.8, 4) is 10.4 Å². The van der Waals surface area contributed by atoms with Crippen molar-refractivity contribution in [2.75, 3.05) is 11.9 Å². The third-order valence-electron chi connectivity index (χ3n) is 6.18. The second-order valence-electron chi connectivity index (χ2n) is 10.7. The summed E-state index contributed by atoms with van der Waals surface area (Å²) in [4.78, 5) is 35.5. The van der Waals surface area contributed by atoms with E-state index in [0.29, 0.717) is 12.8 Å². The Morgan fingerprint density at radius 3 is 2.49 bits per heavy atom.